The van der Waals surface area contributed by atoms with Crippen LogP contribution in [0.15, 0.2) is 0 Å². The summed E-state index contributed by atoms with van der Waals surface area (Å²) in [5.41, 5.74) is 2.30. The summed E-state index contributed by atoms with van der Waals surface area (Å²) in [6, 6.07) is 0. The molecule has 0 saturated heterocycles. The Hall–Kier alpha value is 0.940. The molecule has 0 heterocycles. The first-order valence-electron chi connectivity index (χ1n) is 14.1. The van der Waals surface area contributed by atoms with Gasteiger partial charge in [-0.05, 0) is 35.9 Å². The largest absolute Gasteiger partial charge is 0.431 e. The molecule has 3 saturated carbocycles. The number of hydrogen-bond donors (Lipinski definition) is 4. The molecule has 0 radical (unpaired) electrons. The molecule has 0 aromatic heterocycles. The maximum absolute atomic E-state index is 12.0. The van der Waals surface area contributed by atoms with E-state index in [4.69, 9.17) is 15.3 Å². The minimum Gasteiger partial charge on any atom is -0.431 e. The molecule has 4 nitrogen and oxygen atoms in total. The van der Waals surface area contributed by atoms with Gasteiger partial charge in [-0.2, -0.15) is 0 Å². The zero-order valence-corrected chi connectivity index (χ0v) is 25.8. The summed E-state index contributed by atoms with van der Waals surface area (Å²) >= 11 is 0. The molecule has 0 aromatic carbocycles. The molecule has 0 amide bonds. The number of aliphatic hydroxyl groups is 3. The SMILES string of the molecule is CCCO.CCCO.CCCO.O[Si](C1CCCCC1)(C1CCCCC1)C1CCCCC1.[Zr]. The topological polar surface area (TPSA) is 80.9 Å². The van der Waals surface area contributed by atoms with Crippen LogP contribution in [0.2, 0.25) is 16.6 Å². The van der Waals surface area contributed by atoms with Crippen LogP contribution in [0.25, 0.3) is 0 Å². The molecule has 0 aromatic rings. The molecular formula is C27H58O4SiZr. The minimum atomic E-state index is -2.05. The molecular weight excluding hydrogens is 508 g/mol. The molecule has 0 aliphatic heterocycles. The normalized spacial score (nSPS) is 20.1. The van der Waals surface area contributed by atoms with Crippen LogP contribution in [0, 0.1) is 0 Å². The Labute approximate surface area is 226 Å². The van der Waals surface area contributed by atoms with Gasteiger partial charge in [-0.15, -0.1) is 0 Å². The summed E-state index contributed by atoms with van der Waals surface area (Å²) in [6.45, 7) is 6.75. The van der Waals surface area contributed by atoms with Gasteiger partial charge >= 0.3 is 0 Å². The van der Waals surface area contributed by atoms with Crippen molar-refractivity contribution in [1.82, 2.24) is 0 Å². The fourth-order valence-electron chi connectivity index (χ4n) is 5.70. The van der Waals surface area contributed by atoms with E-state index < -0.39 is 8.32 Å². The van der Waals surface area contributed by atoms with Crippen LogP contribution in [-0.2, 0) is 26.2 Å². The first-order valence-corrected chi connectivity index (χ1v) is 16.3. The summed E-state index contributed by atoms with van der Waals surface area (Å²) in [7, 11) is -2.05. The molecule has 0 unspecified atom stereocenters. The molecule has 3 rings (SSSR count). The maximum atomic E-state index is 12.0. The molecule has 4 N–H and O–H groups in total. The van der Waals surface area contributed by atoms with E-state index in [1.54, 1.807) is 0 Å². The molecule has 0 spiro atoms. The Balaban J connectivity index is 0. The second-order valence-electron chi connectivity index (χ2n) is 10.1. The Bertz CT molecular complexity index is 321. The molecule has 0 atom stereocenters. The second-order valence-corrected chi connectivity index (χ2v) is 14.3. The van der Waals surface area contributed by atoms with Crippen molar-refractivity contribution in [3.05, 3.63) is 0 Å². The van der Waals surface area contributed by atoms with E-state index in [0.29, 0.717) is 19.8 Å². The van der Waals surface area contributed by atoms with Crippen molar-refractivity contribution in [3.8, 4) is 0 Å². The van der Waals surface area contributed by atoms with Crippen LogP contribution >= 0.6 is 0 Å². The van der Waals surface area contributed by atoms with Crippen molar-refractivity contribution >= 4 is 8.32 Å². The van der Waals surface area contributed by atoms with Crippen molar-refractivity contribution in [2.75, 3.05) is 19.8 Å². The Morgan fingerprint density at radius 1 is 0.485 bits per heavy atom. The van der Waals surface area contributed by atoms with Crippen LogP contribution in [0.5, 0.6) is 0 Å². The van der Waals surface area contributed by atoms with Gasteiger partial charge in [0.2, 0.25) is 0 Å². The van der Waals surface area contributed by atoms with Crippen molar-refractivity contribution in [2.24, 2.45) is 0 Å². The van der Waals surface area contributed by atoms with Gasteiger partial charge in [-0.1, -0.05) is 117 Å². The van der Waals surface area contributed by atoms with Gasteiger partial charge in [0.25, 0.3) is 0 Å². The molecule has 3 aliphatic rings. The van der Waals surface area contributed by atoms with Gasteiger partial charge in [0, 0.05) is 46.0 Å². The zero-order chi connectivity index (χ0) is 24.1. The summed E-state index contributed by atoms with van der Waals surface area (Å²) in [4.78, 5) is 12.0. The van der Waals surface area contributed by atoms with Gasteiger partial charge in [0.15, 0.2) is 8.32 Å². The second kappa shape index (κ2) is 24.6. The molecule has 33 heavy (non-hydrogen) atoms. The van der Waals surface area contributed by atoms with Gasteiger partial charge in [0.05, 0.1) is 0 Å². The summed E-state index contributed by atoms with van der Waals surface area (Å²) in [6.07, 6.45) is 23.5. The number of aliphatic hydroxyl groups excluding tert-OH is 3. The zero-order valence-electron chi connectivity index (χ0n) is 22.4. The van der Waals surface area contributed by atoms with E-state index in [-0.39, 0.29) is 26.2 Å². The predicted octanol–water partition coefficient (Wildman–Crippen LogP) is 7.09. The van der Waals surface area contributed by atoms with Crippen molar-refractivity contribution in [2.45, 2.75) is 153 Å². The van der Waals surface area contributed by atoms with Crippen molar-refractivity contribution < 1.29 is 46.3 Å². The van der Waals surface area contributed by atoms with Gasteiger partial charge in [-0.25, -0.2) is 0 Å². The van der Waals surface area contributed by atoms with E-state index in [0.717, 1.165) is 35.9 Å². The fraction of sp³-hybridized carbons (Fsp3) is 1.00. The van der Waals surface area contributed by atoms with Crippen molar-refractivity contribution in [3.63, 3.8) is 0 Å². The maximum Gasteiger partial charge on any atom is 0.197 e. The summed E-state index contributed by atoms with van der Waals surface area (Å²) in [5, 5.41) is 23.6. The van der Waals surface area contributed by atoms with E-state index in [2.05, 4.69) is 0 Å². The van der Waals surface area contributed by atoms with E-state index in [1.807, 2.05) is 20.8 Å². The molecule has 3 aliphatic carbocycles. The van der Waals surface area contributed by atoms with Crippen LogP contribution in [0.1, 0.15) is 136 Å². The third-order valence-corrected chi connectivity index (χ3v) is 13.1. The monoisotopic (exact) mass is 564 g/mol. The number of hydrogen-bond acceptors (Lipinski definition) is 4. The van der Waals surface area contributed by atoms with E-state index in [9.17, 15) is 4.80 Å². The molecule has 198 valence electrons. The van der Waals surface area contributed by atoms with Crippen LogP contribution in [-0.4, -0.2) is 48.3 Å². The van der Waals surface area contributed by atoms with E-state index >= 15 is 0 Å². The van der Waals surface area contributed by atoms with Crippen molar-refractivity contribution in [1.29, 1.82) is 0 Å². The molecule has 6 heteroatoms. The summed E-state index contributed by atoms with van der Waals surface area (Å²) in [5.74, 6) is 0. The van der Waals surface area contributed by atoms with E-state index in [1.165, 1.54) is 96.3 Å². The minimum absolute atomic E-state index is 0. The Kier molecular flexibility index (Phi) is 26.9. The molecule has 0 bridgehead atoms. The third kappa shape index (κ3) is 14.9. The van der Waals surface area contributed by atoms with Gasteiger partial charge < -0.3 is 20.1 Å². The molecule has 3 fully saturated rings. The van der Waals surface area contributed by atoms with Crippen LogP contribution in [0.4, 0.5) is 0 Å². The summed E-state index contributed by atoms with van der Waals surface area (Å²) < 4.78 is 0. The first kappa shape index (κ1) is 36.1. The fourth-order valence-corrected chi connectivity index (χ4v) is 11.7. The standard InChI is InChI=1S/C18H34OSi.3C3H8O.Zr/c19-20(16-10-4-1-5-11-16,17-12-6-2-7-13-17)18-14-8-3-9-15-18;3*1-2-3-4;/h16-19H,1-15H2;3*4H,2-3H2,1H3;. The smallest absolute Gasteiger partial charge is 0.197 e. The van der Waals surface area contributed by atoms with Crippen LogP contribution in [0.3, 0.4) is 0 Å². The quantitative estimate of drug-likeness (QED) is 0.259. The van der Waals surface area contributed by atoms with Gasteiger partial charge in [-0.3, -0.25) is 0 Å². The first-order chi connectivity index (χ1) is 15.6. The van der Waals surface area contributed by atoms with Gasteiger partial charge in [0.1, 0.15) is 0 Å². The Morgan fingerprint density at radius 2 is 0.667 bits per heavy atom. The average molecular weight is 566 g/mol. The number of rotatable bonds is 6. The predicted molar refractivity (Wildman–Crippen MR) is 141 cm³/mol. The van der Waals surface area contributed by atoms with Crippen LogP contribution < -0.4 is 0 Å². The average Bonchev–Trinajstić information content (AvgIpc) is 2.90. The third-order valence-electron chi connectivity index (χ3n) is 7.45. The Morgan fingerprint density at radius 3 is 0.818 bits per heavy atom.